The van der Waals surface area contributed by atoms with Gasteiger partial charge in [0.1, 0.15) is 5.60 Å². The normalized spacial score (nSPS) is 23.2. The SMILES string of the molecule is CC(C)(C)OC(=O)N1CC2(CC(C(=O)NC3(C(F)(F)F)C(=O)Nc4nc5cc(Cl)c(Cl)cc5n43)C2)C1. The van der Waals surface area contributed by atoms with Gasteiger partial charge in [-0.1, -0.05) is 23.2 Å². The van der Waals surface area contributed by atoms with E-state index in [0.29, 0.717) is 17.7 Å². The Kier molecular flexibility index (Phi) is 5.29. The summed E-state index contributed by atoms with van der Waals surface area (Å²) in [5.41, 5.74) is -4.45. The number of likely N-dealkylation sites (tertiary alicyclic amines) is 1. The highest BCUT2D eigenvalue weighted by molar-refractivity contribution is 6.42. The summed E-state index contributed by atoms with van der Waals surface area (Å²) in [6.45, 7) is 5.95. The number of amides is 3. The van der Waals surface area contributed by atoms with Gasteiger partial charge in [-0.3, -0.25) is 19.5 Å². The molecule has 1 aromatic carbocycles. The van der Waals surface area contributed by atoms with Crippen molar-refractivity contribution in [1.82, 2.24) is 19.8 Å². The minimum absolute atomic E-state index is 0.0333. The third kappa shape index (κ3) is 3.68. The van der Waals surface area contributed by atoms with Gasteiger partial charge in [-0.15, -0.1) is 0 Å². The first kappa shape index (κ1) is 24.9. The van der Waals surface area contributed by atoms with Crippen molar-refractivity contribution in [3.8, 4) is 0 Å². The van der Waals surface area contributed by atoms with E-state index in [1.54, 1.807) is 20.8 Å². The number of hydrogen-bond donors (Lipinski definition) is 2. The van der Waals surface area contributed by atoms with Crippen LogP contribution in [0.25, 0.3) is 11.0 Å². The zero-order valence-corrected chi connectivity index (χ0v) is 20.9. The van der Waals surface area contributed by atoms with E-state index < -0.39 is 41.3 Å². The van der Waals surface area contributed by atoms with Crippen LogP contribution in [-0.4, -0.2) is 57.2 Å². The van der Waals surface area contributed by atoms with Crippen molar-refractivity contribution in [2.75, 3.05) is 18.4 Å². The Hall–Kier alpha value is -2.73. The van der Waals surface area contributed by atoms with Gasteiger partial charge in [0.05, 0.1) is 21.1 Å². The van der Waals surface area contributed by atoms with Gasteiger partial charge in [0, 0.05) is 24.4 Å². The molecular weight excluding hydrogens is 526 g/mol. The monoisotopic (exact) mass is 547 g/mol. The molecule has 1 saturated heterocycles. The molecule has 194 valence electrons. The van der Waals surface area contributed by atoms with Crippen LogP contribution in [0.3, 0.4) is 0 Å². The number of nitrogens with one attached hydrogen (secondary N) is 2. The number of nitrogens with zero attached hydrogens (tertiary/aromatic N) is 3. The van der Waals surface area contributed by atoms with Gasteiger partial charge in [0.25, 0.3) is 11.6 Å². The Balaban J connectivity index is 1.36. The van der Waals surface area contributed by atoms with Gasteiger partial charge in [-0.2, -0.15) is 13.2 Å². The van der Waals surface area contributed by atoms with E-state index in [-0.39, 0.29) is 45.3 Å². The predicted molar refractivity (Wildman–Crippen MR) is 124 cm³/mol. The maximum absolute atomic E-state index is 14.5. The summed E-state index contributed by atoms with van der Waals surface area (Å²) in [6.07, 6.45) is -5.11. The van der Waals surface area contributed by atoms with Crippen molar-refractivity contribution < 1.29 is 32.3 Å². The summed E-state index contributed by atoms with van der Waals surface area (Å²) in [4.78, 5) is 43.4. The Labute approximate surface area is 213 Å². The highest BCUT2D eigenvalue weighted by Gasteiger charge is 2.68. The maximum atomic E-state index is 14.5. The van der Waals surface area contributed by atoms with E-state index in [2.05, 4.69) is 10.3 Å². The quantitative estimate of drug-likeness (QED) is 0.584. The van der Waals surface area contributed by atoms with Gasteiger partial charge in [0.15, 0.2) is 0 Å². The van der Waals surface area contributed by atoms with Gasteiger partial charge in [-0.25, -0.2) is 9.78 Å². The Bertz CT molecular complexity index is 1310. The van der Waals surface area contributed by atoms with Gasteiger partial charge in [0.2, 0.25) is 11.9 Å². The van der Waals surface area contributed by atoms with E-state index in [4.69, 9.17) is 27.9 Å². The molecule has 1 spiro atoms. The van der Waals surface area contributed by atoms with E-state index in [1.165, 1.54) is 17.0 Å². The van der Waals surface area contributed by atoms with E-state index >= 15 is 0 Å². The largest absolute Gasteiger partial charge is 0.444 e. The van der Waals surface area contributed by atoms with Crippen LogP contribution in [0, 0.1) is 11.3 Å². The van der Waals surface area contributed by atoms with Crippen LogP contribution >= 0.6 is 23.2 Å². The van der Waals surface area contributed by atoms with Crippen molar-refractivity contribution in [2.45, 2.75) is 51.1 Å². The minimum atomic E-state index is -5.21. The fraction of sp³-hybridized carbons (Fsp3) is 0.545. The number of aromatic nitrogens is 2. The molecule has 2 aliphatic heterocycles. The lowest BCUT2D eigenvalue weighted by molar-refractivity contribution is -0.219. The number of anilines is 1. The molecule has 3 amide bonds. The van der Waals surface area contributed by atoms with Gasteiger partial charge in [-0.05, 0) is 45.7 Å². The first-order chi connectivity index (χ1) is 16.6. The summed E-state index contributed by atoms with van der Waals surface area (Å²) in [6, 6.07) is 2.45. The van der Waals surface area contributed by atoms with Crippen molar-refractivity contribution in [3.63, 3.8) is 0 Å². The fourth-order valence-electron chi connectivity index (χ4n) is 5.16. The smallest absolute Gasteiger partial charge is 0.440 e. The van der Waals surface area contributed by atoms with Crippen LogP contribution in [-0.2, 0) is 20.0 Å². The lowest BCUT2D eigenvalue weighted by Gasteiger charge is -2.58. The molecule has 3 heterocycles. The molecular formula is C22H22Cl2F3N5O4. The minimum Gasteiger partial charge on any atom is -0.444 e. The molecule has 2 aromatic rings. The molecule has 9 nitrogen and oxygen atoms in total. The second-order valence-corrected chi connectivity index (χ2v) is 11.4. The highest BCUT2D eigenvalue weighted by atomic mass is 35.5. The number of ether oxygens (including phenoxy) is 1. The van der Waals surface area contributed by atoms with Crippen molar-refractivity contribution >= 4 is 58.1 Å². The topological polar surface area (TPSA) is 106 Å². The number of halogens is 5. The summed E-state index contributed by atoms with van der Waals surface area (Å²) in [7, 11) is 0. The number of carbonyl (C=O) groups excluding carboxylic acids is 3. The summed E-state index contributed by atoms with van der Waals surface area (Å²) in [5, 5.41) is 4.13. The summed E-state index contributed by atoms with van der Waals surface area (Å²) < 4.78 is 49.5. The van der Waals surface area contributed by atoms with Gasteiger partial charge >= 0.3 is 12.3 Å². The third-order valence-corrected chi connectivity index (χ3v) is 7.46. The Morgan fingerprint density at radius 2 is 1.78 bits per heavy atom. The lowest BCUT2D eigenvalue weighted by Crippen LogP contribution is -2.68. The number of benzene rings is 1. The molecule has 1 atom stereocenters. The zero-order valence-electron chi connectivity index (χ0n) is 19.4. The molecule has 1 unspecified atom stereocenters. The maximum Gasteiger partial charge on any atom is 0.440 e. The molecule has 14 heteroatoms. The fourth-order valence-corrected chi connectivity index (χ4v) is 5.47. The predicted octanol–water partition coefficient (Wildman–Crippen LogP) is 4.27. The molecule has 1 aromatic heterocycles. The molecule has 5 rings (SSSR count). The molecule has 1 saturated carbocycles. The third-order valence-electron chi connectivity index (χ3n) is 6.73. The molecule has 2 N–H and O–H groups in total. The number of carbonyl (C=O) groups is 3. The first-order valence-electron chi connectivity index (χ1n) is 11.1. The lowest BCUT2D eigenvalue weighted by atomic mass is 9.57. The summed E-state index contributed by atoms with van der Waals surface area (Å²) in [5.74, 6) is -3.54. The van der Waals surface area contributed by atoms with Crippen LogP contribution in [0.2, 0.25) is 10.0 Å². The standard InChI is InChI=1S/C22H22Cl2F3N5O4/c1-19(2,3)36-18(35)31-8-20(9-31)6-10(7-20)15(33)30-21(22(25,26)27)16(34)29-17-28-13-4-11(23)12(24)5-14(13)32(17)21/h4-5,10H,6-9H2,1-3H3,(H,30,33)(H,28,29,34). The average molecular weight is 548 g/mol. The van der Waals surface area contributed by atoms with Crippen LogP contribution in [0.4, 0.5) is 23.9 Å². The Morgan fingerprint density at radius 1 is 1.17 bits per heavy atom. The number of alkyl halides is 3. The summed E-state index contributed by atoms with van der Waals surface area (Å²) >= 11 is 12.0. The molecule has 0 radical (unpaired) electrons. The van der Waals surface area contributed by atoms with Gasteiger partial charge < -0.3 is 15.0 Å². The van der Waals surface area contributed by atoms with E-state index in [1.807, 2.05) is 5.32 Å². The van der Waals surface area contributed by atoms with Crippen LogP contribution in [0.15, 0.2) is 12.1 Å². The number of rotatable bonds is 2. The van der Waals surface area contributed by atoms with Crippen molar-refractivity contribution in [1.29, 1.82) is 0 Å². The van der Waals surface area contributed by atoms with E-state index in [9.17, 15) is 27.6 Å². The van der Waals surface area contributed by atoms with Crippen molar-refractivity contribution in [2.24, 2.45) is 11.3 Å². The average Bonchev–Trinajstić information content (AvgIpc) is 3.12. The second-order valence-electron chi connectivity index (χ2n) is 10.6. The second kappa shape index (κ2) is 7.64. The molecule has 36 heavy (non-hydrogen) atoms. The van der Waals surface area contributed by atoms with Crippen LogP contribution in [0.1, 0.15) is 33.6 Å². The Morgan fingerprint density at radius 3 is 2.36 bits per heavy atom. The molecule has 2 fully saturated rings. The first-order valence-corrected chi connectivity index (χ1v) is 11.9. The number of imidazole rings is 1. The number of hydrogen-bond acceptors (Lipinski definition) is 5. The van der Waals surface area contributed by atoms with Crippen molar-refractivity contribution in [3.05, 3.63) is 22.2 Å². The van der Waals surface area contributed by atoms with Crippen LogP contribution < -0.4 is 10.6 Å². The number of fused-ring (bicyclic) bond motifs is 3. The molecule has 1 aliphatic carbocycles. The van der Waals surface area contributed by atoms with E-state index in [0.717, 1.165) is 0 Å². The van der Waals surface area contributed by atoms with Crippen LogP contribution in [0.5, 0.6) is 0 Å². The highest BCUT2D eigenvalue weighted by Crippen LogP contribution is 2.53. The molecule has 0 bridgehead atoms. The zero-order chi connectivity index (χ0) is 26.4. The molecule has 3 aliphatic rings.